The van der Waals surface area contributed by atoms with Crippen molar-refractivity contribution in [1.29, 1.82) is 0 Å². The van der Waals surface area contributed by atoms with E-state index in [1.165, 1.54) is 23.9 Å². The molecule has 0 bridgehead atoms. The minimum Gasteiger partial charge on any atom is -0.496 e. The van der Waals surface area contributed by atoms with Gasteiger partial charge in [0, 0.05) is 37.5 Å². The van der Waals surface area contributed by atoms with Crippen LogP contribution in [0.3, 0.4) is 0 Å². The fraction of sp³-hybridized carbons (Fsp3) is 0.391. The Morgan fingerprint density at radius 3 is 2.77 bits per heavy atom. The lowest BCUT2D eigenvalue weighted by Crippen LogP contribution is -2.37. The molecule has 8 heteroatoms. The van der Waals surface area contributed by atoms with Gasteiger partial charge in [-0.3, -0.25) is 14.3 Å². The molecule has 0 spiro atoms. The standard InChI is InChI=1S/C23H26FN3O3S/c1-29-21-8-7-18(24)15-17(21)16-31-23-25-20-6-3-2-5-19(20)22(28)27(23)10-4-9-26-11-13-30-14-12-26/h2-3,5-8,15H,4,9-14,16H2,1H3. The average Bonchev–Trinajstić information content (AvgIpc) is 2.80. The zero-order chi connectivity index (χ0) is 21.6. The van der Waals surface area contributed by atoms with Crippen LogP contribution in [0.15, 0.2) is 52.4 Å². The predicted molar refractivity (Wildman–Crippen MR) is 120 cm³/mol. The van der Waals surface area contributed by atoms with Gasteiger partial charge in [0.25, 0.3) is 5.56 Å². The number of ether oxygens (including phenoxy) is 2. The lowest BCUT2D eigenvalue weighted by atomic mass is 10.2. The number of rotatable bonds is 8. The van der Waals surface area contributed by atoms with Gasteiger partial charge >= 0.3 is 0 Å². The van der Waals surface area contributed by atoms with Crippen LogP contribution in [0, 0.1) is 5.82 Å². The van der Waals surface area contributed by atoms with Crippen molar-refractivity contribution in [1.82, 2.24) is 14.5 Å². The smallest absolute Gasteiger partial charge is 0.262 e. The Labute approximate surface area is 185 Å². The van der Waals surface area contributed by atoms with Gasteiger partial charge < -0.3 is 9.47 Å². The molecule has 0 unspecified atom stereocenters. The summed E-state index contributed by atoms with van der Waals surface area (Å²) >= 11 is 1.42. The maximum Gasteiger partial charge on any atom is 0.262 e. The Balaban J connectivity index is 1.57. The summed E-state index contributed by atoms with van der Waals surface area (Å²) in [5.41, 5.74) is 1.36. The van der Waals surface area contributed by atoms with Crippen LogP contribution in [0.1, 0.15) is 12.0 Å². The van der Waals surface area contributed by atoms with Crippen molar-refractivity contribution >= 4 is 22.7 Å². The molecule has 0 aliphatic carbocycles. The number of benzene rings is 2. The molecular formula is C23H26FN3O3S. The van der Waals surface area contributed by atoms with Crippen molar-refractivity contribution in [2.45, 2.75) is 23.9 Å². The van der Waals surface area contributed by atoms with Crippen LogP contribution < -0.4 is 10.3 Å². The summed E-state index contributed by atoms with van der Waals surface area (Å²) in [7, 11) is 1.57. The second kappa shape index (κ2) is 10.3. The Hall–Kier alpha value is -2.42. The molecule has 1 fully saturated rings. The van der Waals surface area contributed by atoms with Crippen molar-refractivity contribution in [3.05, 3.63) is 64.2 Å². The lowest BCUT2D eigenvalue weighted by Gasteiger charge is -2.26. The van der Waals surface area contributed by atoms with Crippen LogP contribution in [0.4, 0.5) is 4.39 Å². The first kappa shape index (κ1) is 21.8. The van der Waals surface area contributed by atoms with E-state index >= 15 is 0 Å². The first-order chi connectivity index (χ1) is 15.2. The summed E-state index contributed by atoms with van der Waals surface area (Å²) in [4.78, 5) is 20.3. The fourth-order valence-electron chi connectivity index (χ4n) is 3.73. The highest BCUT2D eigenvalue weighted by Gasteiger charge is 2.15. The van der Waals surface area contributed by atoms with E-state index in [2.05, 4.69) is 4.90 Å². The third-order valence-electron chi connectivity index (χ3n) is 5.39. The van der Waals surface area contributed by atoms with Gasteiger partial charge in [0.05, 0.1) is 31.2 Å². The molecule has 6 nitrogen and oxygen atoms in total. The Morgan fingerprint density at radius 2 is 1.97 bits per heavy atom. The Morgan fingerprint density at radius 1 is 1.16 bits per heavy atom. The van der Waals surface area contributed by atoms with Gasteiger partial charge in [-0.2, -0.15) is 0 Å². The number of hydrogen-bond donors (Lipinski definition) is 0. The molecule has 0 N–H and O–H groups in total. The van der Waals surface area contributed by atoms with Crippen LogP contribution in [-0.4, -0.2) is 54.4 Å². The number of hydrogen-bond acceptors (Lipinski definition) is 6. The molecule has 0 amide bonds. The highest BCUT2D eigenvalue weighted by atomic mass is 32.2. The largest absolute Gasteiger partial charge is 0.496 e. The van der Waals surface area contributed by atoms with E-state index in [1.54, 1.807) is 17.7 Å². The number of aromatic nitrogens is 2. The summed E-state index contributed by atoms with van der Waals surface area (Å²) in [6.45, 7) is 4.85. The van der Waals surface area contributed by atoms with Crippen LogP contribution >= 0.6 is 11.8 Å². The van der Waals surface area contributed by atoms with E-state index in [-0.39, 0.29) is 11.4 Å². The molecule has 1 saturated heterocycles. The quantitative estimate of drug-likeness (QED) is 0.392. The summed E-state index contributed by atoms with van der Waals surface area (Å²) < 4.78 is 26.3. The van der Waals surface area contributed by atoms with Gasteiger partial charge in [-0.1, -0.05) is 23.9 Å². The first-order valence-electron chi connectivity index (χ1n) is 10.4. The maximum absolute atomic E-state index is 13.8. The van der Waals surface area contributed by atoms with Crippen molar-refractivity contribution in [3.63, 3.8) is 0 Å². The molecule has 4 rings (SSSR count). The molecule has 164 valence electrons. The fourth-order valence-corrected chi connectivity index (χ4v) is 4.74. The molecule has 1 aliphatic heterocycles. The normalized spacial score (nSPS) is 14.8. The number of fused-ring (bicyclic) bond motifs is 1. The molecule has 1 aliphatic rings. The van der Waals surface area contributed by atoms with E-state index in [1.807, 2.05) is 24.3 Å². The molecule has 3 aromatic rings. The third kappa shape index (κ3) is 5.26. The molecule has 2 heterocycles. The van der Waals surface area contributed by atoms with E-state index in [4.69, 9.17) is 14.5 Å². The number of thioether (sulfide) groups is 1. The average molecular weight is 444 g/mol. The maximum atomic E-state index is 13.8. The van der Waals surface area contributed by atoms with Gasteiger partial charge in [-0.15, -0.1) is 0 Å². The second-order valence-corrected chi connectivity index (χ2v) is 8.36. The number of morpholine rings is 1. The van der Waals surface area contributed by atoms with E-state index < -0.39 is 0 Å². The van der Waals surface area contributed by atoms with Crippen LogP contribution in [0.25, 0.3) is 10.9 Å². The summed E-state index contributed by atoms with van der Waals surface area (Å²) in [5.74, 6) is 0.761. The van der Waals surface area contributed by atoms with Gasteiger partial charge in [-0.25, -0.2) is 9.37 Å². The minimum absolute atomic E-state index is 0.0405. The van der Waals surface area contributed by atoms with Crippen molar-refractivity contribution < 1.29 is 13.9 Å². The van der Waals surface area contributed by atoms with E-state index in [0.717, 1.165) is 44.8 Å². The van der Waals surface area contributed by atoms with E-state index in [9.17, 15) is 9.18 Å². The molecule has 0 atom stereocenters. The van der Waals surface area contributed by atoms with E-state index in [0.29, 0.717) is 34.1 Å². The number of para-hydroxylation sites is 1. The van der Waals surface area contributed by atoms with Crippen molar-refractivity contribution in [3.8, 4) is 5.75 Å². The predicted octanol–water partition coefficient (Wildman–Crippen LogP) is 3.56. The zero-order valence-electron chi connectivity index (χ0n) is 17.6. The Bertz CT molecular complexity index is 1100. The van der Waals surface area contributed by atoms with Gasteiger partial charge in [0.1, 0.15) is 11.6 Å². The molecule has 1 aromatic heterocycles. The number of methoxy groups -OCH3 is 1. The zero-order valence-corrected chi connectivity index (χ0v) is 18.4. The van der Waals surface area contributed by atoms with Crippen molar-refractivity contribution in [2.75, 3.05) is 40.0 Å². The summed E-state index contributed by atoms with van der Waals surface area (Å²) in [5, 5.41) is 1.25. The number of nitrogens with zero attached hydrogens (tertiary/aromatic N) is 3. The third-order valence-corrected chi connectivity index (χ3v) is 6.41. The Kier molecular flexibility index (Phi) is 7.21. The van der Waals surface area contributed by atoms with Gasteiger partial charge in [0.2, 0.25) is 0 Å². The monoisotopic (exact) mass is 443 g/mol. The van der Waals surface area contributed by atoms with Crippen LogP contribution in [0.2, 0.25) is 0 Å². The lowest BCUT2D eigenvalue weighted by molar-refractivity contribution is 0.0368. The highest BCUT2D eigenvalue weighted by Crippen LogP contribution is 2.28. The highest BCUT2D eigenvalue weighted by molar-refractivity contribution is 7.98. The molecule has 31 heavy (non-hydrogen) atoms. The minimum atomic E-state index is -0.314. The van der Waals surface area contributed by atoms with Crippen LogP contribution in [-0.2, 0) is 17.0 Å². The molecule has 0 radical (unpaired) electrons. The van der Waals surface area contributed by atoms with Gasteiger partial charge in [0.15, 0.2) is 5.16 Å². The summed E-state index contributed by atoms with van der Waals surface area (Å²) in [6, 6.07) is 11.9. The second-order valence-electron chi connectivity index (χ2n) is 7.42. The van der Waals surface area contributed by atoms with Crippen LogP contribution in [0.5, 0.6) is 5.75 Å². The number of halogens is 1. The van der Waals surface area contributed by atoms with Gasteiger partial charge in [-0.05, 0) is 36.8 Å². The molecular weight excluding hydrogens is 417 g/mol. The molecule has 2 aromatic carbocycles. The molecule has 0 saturated carbocycles. The summed E-state index contributed by atoms with van der Waals surface area (Å²) in [6.07, 6.45) is 0.844. The van der Waals surface area contributed by atoms with Crippen molar-refractivity contribution in [2.24, 2.45) is 0 Å². The topological polar surface area (TPSA) is 56.6 Å². The SMILES string of the molecule is COc1ccc(F)cc1CSc1nc2ccccc2c(=O)n1CCCN1CCOCC1. The first-order valence-corrected chi connectivity index (χ1v) is 11.4.